The number of anilines is 1. The Balaban J connectivity index is 2.33. The third-order valence-electron chi connectivity index (χ3n) is 3.33. The number of nitrogens with one attached hydrogen (secondary N) is 1. The minimum absolute atomic E-state index is 0.154. The van der Waals surface area contributed by atoms with Gasteiger partial charge in [-0.2, -0.15) is 10.5 Å². The van der Waals surface area contributed by atoms with Crippen LogP contribution in [0.4, 0.5) is 5.69 Å². The highest BCUT2D eigenvalue weighted by Gasteiger charge is 2.15. The van der Waals surface area contributed by atoms with Gasteiger partial charge in [-0.3, -0.25) is 4.79 Å². The molecule has 2 aromatic rings. The Hall–Kier alpha value is -3.19. The van der Waals surface area contributed by atoms with E-state index in [1.54, 1.807) is 30.3 Å². The largest absolute Gasteiger partial charge is 0.493 e. The molecule has 0 atom stereocenters. The van der Waals surface area contributed by atoms with Gasteiger partial charge in [0.25, 0.3) is 5.91 Å². The van der Waals surface area contributed by atoms with Crippen LogP contribution in [0.5, 0.6) is 11.5 Å². The molecule has 6 nitrogen and oxygen atoms in total. The van der Waals surface area contributed by atoms with E-state index in [-0.39, 0.29) is 28.7 Å². The topological polar surface area (TPSA) is 95.1 Å². The molecule has 1 amide bonds. The molecular weight excluding hydrogens is 389 g/mol. The number of amides is 1. The summed E-state index contributed by atoms with van der Waals surface area (Å²) in [7, 11) is 1.41. The van der Waals surface area contributed by atoms with Crippen molar-refractivity contribution in [3.05, 3.63) is 57.6 Å². The molecule has 0 bridgehead atoms. The van der Waals surface area contributed by atoms with Gasteiger partial charge in [0.15, 0.2) is 18.1 Å². The number of nitriles is 2. The molecule has 0 heterocycles. The number of nitrogens with zero attached hydrogens (tertiary/aromatic N) is 2. The van der Waals surface area contributed by atoms with Crippen LogP contribution in [0.25, 0.3) is 6.08 Å². The average molecular weight is 402 g/mol. The first-order chi connectivity index (χ1) is 13.0. The molecule has 0 unspecified atom stereocenters. The van der Waals surface area contributed by atoms with Gasteiger partial charge in [-0.1, -0.05) is 35.3 Å². The first-order valence-electron chi connectivity index (χ1n) is 7.55. The van der Waals surface area contributed by atoms with Gasteiger partial charge in [-0.05, 0) is 35.9 Å². The molecule has 27 heavy (non-hydrogen) atoms. The van der Waals surface area contributed by atoms with Crippen LogP contribution >= 0.6 is 23.2 Å². The quantitative estimate of drug-likeness (QED) is 0.569. The second kappa shape index (κ2) is 9.49. The van der Waals surface area contributed by atoms with Gasteiger partial charge in [0.05, 0.1) is 22.8 Å². The summed E-state index contributed by atoms with van der Waals surface area (Å²) in [5.41, 5.74) is 0.687. The van der Waals surface area contributed by atoms with Crippen molar-refractivity contribution in [3.8, 4) is 23.6 Å². The van der Waals surface area contributed by atoms with Gasteiger partial charge < -0.3 is 14.8 Å². The van der Waals surface area contributed by atoms with Crippen molar-refractivity contribution in [3.63, 3.8) is 0 Å². The van der Waals surface area contributed by atoms with Crippen LogP contribution < -0.4 is 14.8 Å². The third-order valence-corrected chi connectivity index (χ3v) is 3.94. The maximum atomic E-state index is 12.4. The van der Waals surface area contributed by atoms with E-state index in [2.05, 4.69) is 5.32 Å². The van der Waals surface area contributed by atoms with Gasteiger partial charge in [0.2, 0.25) is 0 Å². The Bertz CT molecular complexity index is 975. The molecule has 0 spiro atoms. The van der Waals surface area contributed by atoms with Crippen LogP contribution in [-0.2, 0) is 4.79 Å². The van der Waals surface area contributed by atoms with E-state index >= 15 is 0 Å². The first kappa shape index (κ1) is 20.1. The number of ether oxygens (including phenoxy) is 2. The second-order valence-electron chi connectivity index (χ2n) is 5.08. The van der Waals surface area contributed by atoms with Crippen LogP contribution in [0.15, 0.2) is 42.0 Å². The molecule has 136 valence electrons. The highest BCUT2D eigenvalue weighted by Crippen LogP contribution is 2.37. The van der Waals surface area contributed by atoms with E-state index in [1.165, 1.54) is 19.3 Å². The number of hydrogen-bond donors (Lipinski definition) is 1. The fourth-order valence-electron chi connectivity index (χ4n) is 2.14. The molecule has 1 N–H and O–H groups in total. The molecule has 2 rings (SSSR count). The summed E-state index contributed by atoms with van der Waals surface area (Å²) in [6, 6.07) is 13.4. The number of rotatable bonds is 6. The van der Waals surface area contributed by atoms with Gasteiger partial charge in [-0.15, -0.1) is 0 Å². The summed E-state index contributed by atoms with van der Waals surface area (Å²) in [5.74, 6) is -0.143. The Labute approximate surface area is 166 Å². The minimum atomic E-state index is -0.620. The van der Waals surface area contributed by atoms with Crippen molar-refractivity contribution in [2.24, 2.45) is 0 Å². The van der Waals surface area contributed by atoms with E-state index in [9.17, 15) is 10.1 Å². The zero-order chi connectivity index (χ0) is 19.8. The standard InChI is InChI=1S/C19H13Cl2N3O3/c1-26-17-10-12(9-15(21)18(17)27-7-6-22)8-13(11-23)19(25)24-16-5-3-2-4-14(16)20/h2-5,8-10H,7H2,1H3,(H,24,25)/b13-8+. The zero-order valence-electron chi connectivity index (χ0n) is 14.1. The van der Waals surface area contributed by atoms with E-state index < -0.39 is 5.91 Å². The molecule has 2 aromatic carbocycles. The number of hydrogen-bond acceptors (Lipinski definition) is 5. The highest BCUT2D eigenvalue weighted by molar-refractivity contribution is 6.34. The monoisotopic (exact) mass is 401 g/mol. The normalized spacial score (nSPS) is 10.5. The summed E-state index contributed by atoms with van der Waals surface area (Å²) in [6.45, 7) is -0.199. The molecule has 0 aromatic heterocycles. The lowest BCUT2D eigenvalue weighted by atomic mass is 10.1. The lowest BCUT2D eigenvalue weighted by Crippen LogP contribution is -2.13. The fourth-order valence-corrected chi connectivity index (χ4v) is 2.59. The summed E-state index contributed by atoms with van der Waals surface area (Å²) >= 11 is 12.2. The molecule has 0 aliphatic carbocycles. The summed E-state index contributed by atoms with van der Waals surface area (Å²) in [5, 5.41) is 21.1. The van der Waals surface area contributed by atoms with Crippen LogP contribution in [0.2, 0.25) is 10.0 Å². The molecule has 0 fully saturated rings. The summed E-state index contributed by atoms with van der Waals surface area (Å²) in [6.07, 6.45) is 1.36. The number of halogens is 2. The van der Waals surface area contributed by atoms with Crippen molar-refractivity contribution in [1.29, 1.82) is 10.5 Å². The van der Waals surface area contributed by atoms with Crippen LogP contribution in [0.1, 0.15) is 5.56 Å². The minimum Gasteiger partial charge on any atom is -0.493 e. The van der Waals surface area contributed by atoms with Crippen molar-refractivity contribution in [2.75, 3.05) is 19.0 Å². The molecular formula is C19H13Cl2N3O3. The van der Waals surface area contributed by atoms with Gasteiger partial charge >= 0.3 is 0 Å². The van der Waals surface area contributed by atoms with Crippen molar-refractivity contribution in [2.45, 2.75) is 0 Å². The van der Waals surface area contributed by atoms with E-state index in [4.69, 9.17) is 37.9 Å². The smallest absolute Gasteiger partial charge is 0.266 e. The first-order valence-corrected chi connectivity index (χ1v) is 8.30. The summed E-state index contributed by atoms with van der Waals surface area (Å²) < 4.78 is 10.4. The Morgan fingerprint density at radius 1 is 1.22 bits per heavy atom. The predicted octanol–water partition coefficient (Wildman–Crippen LogP) is 4.45. The maximum absolute atomic E-state index is 12.4. The fraction of sp³-hybridized carbons (Fsp3) is 0.105. The zero-order valence-corrected chi connectivity index (χ0v) is 15.6. The number of benzene rings is 2. The van der Waals surface area contributed by atoms with E-state index in [1.807, 2.05) is 12.1 Å². The number of methoxy groups -OCH3 is 1. The van der Waals surface area contributed by atoms with Crippen molar-refractivity contribution in [1.82, 2.24) is 0 Å². The molecule has 0 saturated carbocycles. The van der Waals surface area contributed by atoms with Gasteiger partial charge in [0, 0.05) is 0 Å². The molecule has 0 aliphatic rings. The Morgan fingerprint density at radius 3 is 2.59 bits per heavy atom. The van der Waals surface area contributed by atoms with Crippen molar-refractivity contribution >= 4 is 40.9 Å². The van der Waals surface area contributed by atoms with Gasteiger partial charge in [0.1, 0.15) is 17.7 Å². The average Bonchev–Trinajstić information content (AvgIpc) is 2.66. The van der Waals surface area contributed by atoms with Crippen LogP contribution in [0.3, 0.4) is 0 Å². The number of para-hydroxylation sites is 1. The van der Waals surface area contributed by atoms with Gasteiger partial charge in [-0.25, -0.2) is 0 Å². The SMILES string of the molecule is COc1cc(/C=C(\C#N)C(=O)Nc2ccccc2Cl)cc(Cl)c1OCC#N. The highest BCUT2D eigenvalue weighted by atomic mass is 35.5. The second-order valence-corrected chi connectivity index (χ2v) is 5.90. The van der Waals surface area contributed by atoms with E-state index in [0.717, 1.165) is 0 Å². The Kier molecular flexibility index (Phi) is 7.08. The lowest BCUT2D eigenvalue weighted by Gasteiger charge is -2.11. The van der Waals surface area contributed by atoms with Crippen LogP contribution in [0, 0.1) is 22.7 Å². The van der Waals surface area contributed by atoms with E-state index in [0.29, 0.717) is 16.3 Å². The summed E-state index contributed by atoms with van der Waals surface area (Å²) in [4.78, 5) is 12.4. The number of carbonyl (C=O) groups is 1. The molecule has 0 aliphatic heterocycles. The number of carbonyl (C=O) groups excluding carboxylic acids is 1. The van der Waals surface area contributed by atoms with Crippen molar-refractivity contribution < 1.29 is 14.3 Å². The molecule has 0 radical (unpaired) electrons. The molecule has 0 saturated heterocycles. The Morgan fingerprint density at radius 2 is 1.96 bits per heavy atom. The maximum Gasteiger partial charge on any atom is 0.266 e. The third kappa shape index (κ3) is 5.15. The predicted molar refractivity (Wildman–Crippen MR) is 103 cm³/mol. The lowest BCUT2D eigenvalue weighted by molar-refractivity contribution is -0.112. The van der Waals surface area contributed by atoms with Crippen LogP contribution in [-0.4, -0.2) is 19.6 Å². The molecule has 8 heteroatoms.